The van der Waals surface area contributed by atoms with Gasteiger partial charge < -0.3 is 20.3 Å². The fourth-order valence-electron chi connectivity index (χ4n) is 3.27. The van der Waals surface area contributed by atoms with Crippen molar-refractivity contribution in [2.24, 2.45) is 5.92 Å². The van der Waals surface area contributed by atoms with Gasteiger partial charge in [0.25, 0.3) is 0 Å². The lowest BCUT2D eigenvalue weighted by molar-refractivity contribution is -0.146. The number of rotatable bonds is 7. The number of aliphatic hydroxyl groups excluding tert-OH is 1. The molecule has 0 aliphatic heterocycles. The highest BCUT2D eigenvalue weighted by atomic mass is 16.5. The summed E-state index contributed by atoms with van der Waals surface area (Å²) in [7, 11) is 1.72. The quantitative estimate of drug-likeness (QED) is 0.714. The Balaban J connectivity index is 1.95. The summed E-state index contributed by atoms with van der Waals surface area (Å²) in [6, 6.07) is 7.35. The Morgan fingerprint density at radius 2 is 2.24 bits per heavy atom. The number of carbonyl (C=O) groups is 1. The van der Waals surface area contributed by atoms with Gasteiger partial charge in [0.05, 0.1) is 13.2 Å². The number of aliphatic carboxylic acids is 1. The van der Waals surface area contributed by atoms with Crippen molar-refractivity contribution in [1.82, 2.24) is 5.32 Å². The van der Waals surface area contributed by atoms with E-state index in [0.29, 0.717) is 25.2 Å². The third kappa shape index (κ3) is 3.19. The van der Waals surface area contributed by atoms with E-state index >= 15 is 0 Å². The van der Waals surface area contributed by atoms with E-state index in [1.165, 1.54) is 0 Å². The molecule has 0 heterocycles. The minimum Gasteiger partial charge on any atom is -0.493 e. The molecule has 0 saturated heterocycles. The van der Waals surface area contributed by atoms with Gasteiger partial charge >= 0.3 is 5.97 Å². The average Bonchev–Trinajstić information content (AvgIpc) is 2.92. The first-order chi connectivity index (χ1) is 10.1. The highest BCUT2D eigenvalue weighted by Crippen LogP contribution is 2.38. The maximum absolute atomic E-state index is 11.6. The molecule has 2 rings (SSSR count). The molecule has 2 unspecified atom stereocenters. The Morgan fingerprint density at radius 1 is 1.48 bits per heavy atom. The van der Waals surface area contributed by atoms with Crippen molar-refractivity contribution in [2.75, 3.05) is 13.7 Å². The van der Waals surface area contributed by atoms with E-state index in [4.69, 9.17) is 4.74 Å². The number of para-hydroxylation sites is 1. The lowest BCUT2D eigenvalue weighted by Crippen LogP contribution is -2.53. The molecule has 1 aliphatic rings. The van der Waals surface area contributed by atoms with Gasteiger partial charge in [0.1, 0.15) is 11.3 Å². The van der Waals surface area contributed by atoms with Gasteiger partial charge in [-0.05, 0) is 38.3 Å². The minimum absolute atomic E-state index is 0.0603. The molecule has 0 spiro atoms. The van der Waals surface area contributed by atoms with Gasteiger partial charge in [-0.3, -0.25) is 4.79 Å². The zero-order valence-corrected chi connectivity index (χ0v) is 12.3. The van der Waals surface area contributed by atoms with Crippen LogP contribution >= 0.6 is 0 Å². The molecule has 1 fully saturated rings. The summed E-state index contributed by atoms with van der Waals surface area (Å²) < 4.78 is 5.73. The largest absolute Gasteiger partial charge is 0.493 e. The maximum Gasteiger partial charge on any atom is 0.324 e. The third-order valence-electron chi connectivity index (χ3n) is 4.52. The molecular formula is C16H23NO4. The third-order valence-corrected chi connectivity index (χ3v) is 4.52. The second kappa shape index (κ2) is 6.91. The monoisotopic (exact) mass is 293 g/mol. The van der Waals surface area contributed by atoms with Crippen LogP contribution in [-0.2, 0) is 11.4 Å². The van der Waals surface area contributed by atoms with E-state index < -0.39 is 11.5 Å². The van der Waals surface area contributed by atoms with Crippen molar-refractivity contribution in [2.45, 2.75) is 37.8 Å². The van der Waals surface area contributed by atoms with Gasteiger partial charge in [-0.15, -0.1) is 0 Å². The zero-order chi connectivity index (χ0) is 15.3. The lowest BCUT2D eigenvalue weighted by atomic mass is 9.85. The molecule has 0 bridgehead atoms. The van der Waals surface area contributed by atoms with Crippen molar-refractivity contribution >= 4 is 5.97 Å². The van der Waals surface area contributed by atoms with Crippen molar-refractivity contribution in [1.29, 1.82) is 0 Å². The van der Waals surface area contributed by atoms with Crippen molar-refractivity contribution in [3.8, 4) is 5.75 Å². The second-order valence-corrected chi connectivity index (χ2v) is 5.52. The summed E-state index contributed by atoms with van der Waals surface area (Å²) in [5, 5.41) is 21.8. The Morgan fingerprint density at radius 3 is 2.90 bits per heavy atom. The number of likely N-dealkylation sites (N-methyl/N-ethyl adjacent to an activating group) is 1. The first-order valence-electron chi connectivity index (χ1n) is 7.38. The SMILES string of the molecule is CNC1(C(=O)O)CCCC1CCOc1ccccc1CO. The van der Waals surface area contributed by atoms with E-state index in [0.717, 1.165) is 18.4 Å². The number of hydrogen-bond acceptors (Lipinski definition) is 4. The van der Waals surface area contributed by atoms with Crippen LogP contribution in [0.5, 0.6) is 5.75 Å². The summed E-state index contributed by atoms with van der Waals surface area (Å²) in [5.74, 6) is -0.0343. The highest BCUT2D eigenvalue weighted by molar-refractivity contribution is 5.79. The molecule has 0 amide bonds. The van der Waals surface area contributed by atoms with Crippen LogP contribution in [0.1, 0.15) is 31.2 Å². The van der Waals surface area contributed by atoms with Gasteiger partial charge in [-0.2, -0.15) is 0 Å². The van der Waals surface area contributed by atoms with E-state index in [1.807, 2.05) is 24.3 Å². The van der Waals surface area contributed by atoms with Crippen LogP contribution in [0.4, 0.5) is 0 Å². The molecule has 2 atom stereocenters. The van der Waals surface area contributed by atoms with Crippen molar-refractivity contribution in [3.05, 3.63) is 29.8 Å². The van der Waals surface area contributed by atoms with Crippen LogP contribution in [0.15, 0.2) is 24.3 Å². The van der Waals surface area contributed by atoms with Gasteiger partial charge in [0.2, 0.25) is 0 Å². The number of nitrogens with one attached hydrogen (secondary N) is 1. The van der Waals surface area contributed by atoms with E-state index in [1.54, 1.807) is 7.05 Å². The fourth-order valence-corrected chi connectivity index (χ4v) is 3.27. The Kier molecular flexibility index (Phi) is 5.20. The molecule has 5 nitrogen and oxygen atoms in total. The average molecular weight is 293 g/mol. The van der Waals surface area contributed by atoms with Crippen LogP contribution in [0, 0.1) is 5.92 Å². The number of benzene rings is 1. The minimum atomic E-state index is -0.820. The van der Waals surface area contributed by atoms with Crippen LogP contribution in [0.25, 0.3) is 0 Å². The lowest BCUT2D eigenvalue weighted by Gasteiger charge is -2.31. The number of hydrogen-bond donors (Lipinski definition) is 3. The van der Waals surface area contributed by atoms with Gasteiger partial charge in [0.15, 0.2) is 0 Å². The van der Waals surface area contributed by atoms with Gasteiger partial charge in [0, 0.05) is 5.56 Å². The zero-order valence-electron chi connectivity index (χ0n) is 12.3. The van der Waals surface area contributed by atoms with Crippen LogP contribution in [0.3, 0.4) is 0 Å². The standard InChI is InChI=1S/C16H23NO4/c1-17-16(15(19)20)9-4-6-13(16)8-10-21-14-7-3-2-5-12(14)11-18/h2-3,5,7,13,17-18H,4,6,8-11H2,1H3,(H,19,20). The summed E-state index contributed by atoms with van der Waals surface area (Å²) in [6.45, 7) is 0.396. The molecule has 21 heavy (non-hydrogen) atoms. The Bertz CT molecular complexity index is 491. The van der Waals surface area contributed by atoms with Gasteiger partial charge in [-0.25, -0.2) is 0 Å². The molecule has 0 aromatic heterocycles. The summed E-state index contributed by atoms with van der Waals surface area (Å²) in [4.78, 5) is 11.6. The molecule has 1 aliphatic carbocycles. The second-order valence-electron chi connectivity index (χ2n) is 5.52. The van der Waals surface area contributed by atoms with E-state index in [2.05, 4.69) is 5.32 Å². The van der Waals surface area contributed by atoms with Gasteiger partial charge in [-0.1, -0.05) is 24.6 Å². The molecular weight excluding hydrogens is 270 g/mol. The van der Waals surface area contributed by atoms with Crippen LogP contribution in [-0.4, -0.2) is 35.4 Å². The van der Waals surface area contributed by atoms with E-state index in [9.17, 15) is 15.0 Å². The number of carboxylic acid groups (broad SMARTS) is 1. The molecule has 116 valence electrons. The topological polar surface area (TPSA) is 78.8 Å². The van der Waals surface area contributed by atoms with Crippen molar-refractivity contribution in [3.63, 3.8) is 0 Å². The molecule has 1 aromatic rings. The number of carboxylic acids is 1. The first kappa shape index (κ1) is 15.8. The maximum atomic E-state index is 11.6. The van der Waals surface area contributed by atoms with Crippen molar-refractivity contribution < 1.29 is 19.7 Å². The number of aliphatic hydroxyl groups is 1. The highest BCUT2D eigenvalue weighted by Gasteiger charge is 2.47. The summed E-state index contributed by atoms with van der Waals surface area (Å²) in [5.41, 5.74) is -0.0677. The fraction of sp³-hybridized carbons (Fsp3) is 0.562. The van der Waals surface area contributed by atoms with Crippen LogP contribution in [0.2, 0.25) is 0 Å². The smallest absolute Gasteiger partial charge is 0.324 e. The van der Waals surface area contributed by atoms with E-state index in [-0.39, 0.29) is 12.5 Å². The predicted octanol–water partition coefficient (Wildman–Crippen LogP) is 1.79. The molecule has 5 heteroatoms. The summed E-state index contributed by atoms with van der Waals surface area (Å²) >= 11 is 0. The molecule has 1 aromatic carbocycles. The molecule has 0 radical (unpaired) electrons. The first-order valence-corrected chi connectivity index (χ1v) is 7.38. The predicted molar refractivity (Wildman–Crippen MR) is 79.2 cm³/mol. The molecule has 3 N–H and O–H groups in total. The Labute approximate surface area is 124 Å². The number of ether oxygens (including phenoxy) is 1. The Hall–Kier alpha value is -1.59. The normalized spacial score (nSPS) is 25.0. The van der Waals surface area contributed by atoms with Crippen LogP contribution < -0.4 is 10.1 Å². The summed E-state index contributed by atoms with van der Waals surface area (Å²) in [6.07, 6.45) is 3.17. The molecule has 1 saturated carbocycles.